The Kier molecular flexibility index (Phi) is 9.20. The molecule has 3 fully saturated rings. The standard InChI is InChI=1S/C30H38F5N5O2/c31-29(32)14-6-15-39(19-29)16-13-21(17-27(41)36-20-7-5-8-20)37-28(42)25-18-26(40(38-25)22-9-1-2-10-22)23-11-3-4-12-24(23)30(33,34)35/h3-4,11-12,18,20-22H,1-2,5-10,13-17,19H2,(H,36,41)(H,37,42). The number of carbonyl (C=O) groups excluding carboxylic acids is 2. The number of aromatic nitrogens is 2. The van der Waals surface area contributed by atoms with Crippen LogP contribution in [0, 0.1) is 0 Å². The number of likely N-dealkylation sites (tertiary alicyclic amines) is 1. The van der Waals surface area contributed by atoms with E-state index >= 15 is 0 Å². The summed E-state index contributed by atoms with van der Waals surface area (Å²) in [5.74, 6) is -3.61. The van der Waals surface area contributed by atoms with Gasteiger partial charge in [0.1, 0.15) is 0 Å². The fourth-order valence-corrected chi connectivity index (χ4v) is 6.21. The van der Waals surface area contributed by atoms with Crippen LogP contribution in [0.3, 0.4) is 0 Å². The van der Waals surface area contributed by atoms with Crippen molar-refractivity contribution in [3.05, 3.63) is 41.6 Å². The van der Waals surface area contributed by atoms with Gasteiger partial charge in [0.2, 0.25) is 5.91 Å². The number of piperidine rings is 1. The molecule has 1 unspecified atom stereocenters. The topological polar surface area (TPSA) is 79.3 Å². The summed E-state index contributed by atoms with van der Waals surface area (Å²) in [5.41, 5.74) is -0.677. The first kappa shape index (κ1) is 30.4. The predicted molar refractivity (Wildman–Crippen MR) is 147 cm³/mol. The molecule has 3 aliphatic rings. The van der Waals surface area contributed by atoms with Crippen molar-refractivity contribution in [2.75, 3.05) is 19.6 Å². The van der Waals surface area contributed by atoms with E-state index in [0.29, 0.717) is 13.0 Å². The molecule has 7 nitrogen and oxygen atoms in total. The zero-order chi connectivity index (χ0) is 29.9. The van der Waals surface area contributed by atoms with Crippen LogP contribution in [0.15, 0.2) is 30.3 Å². The minimum Gasteiger partial charge on any atom is -0.353 e. The maximum Gasteiger partial charge on any atom is 0.417 e. The number of benzene rings is 1. The molecule has 1 saturated heterocycles. The van der Waals surface area contributed by atoms with Crippen LogP contribution in [0.2, 0.25) is 0 Å². The molecule has 0 radical (unpaired) electrons. The molecule has 1 aliphatic heterocycles. The van der Waals surface area contributed by atoms with Crippen LogP contribution in [0.4, 0.5) is 22.0 Å². The van der Waals surface area contributed by atoms with Crippen LogP contribution in [0.1, 0.15) is 92.7 Å². The van der Waals surface area contributed by atoms with E-state index < -0.39 is 29.6 Å². The minimum atomic E-state index is -4.59. The fraction of sp³-hybridized carbons (Fsp3) is 0.633. The van der Waals surface area contributed by atoms with Crippen LogP contribution < -0.4 is 10.6 Å². The summed E-state index contributed by atoms with van der Waals surface area (Å²) in [5, 5.41) is 10.3. The Morgan fingerprint density at radius 3 is 2.45 bits per heavy atom. The molecule has 2 aliphatic carbocycles. The van der Waals surface area contributed by atoms with Gasteiger partial charge >= 0.3 is 6.18 Å². The van der Waals surface area contributed by atoms with Crippen molar-refractivity contribution in [2.45, 2.75) is 101 Å². The van der Waals surface area contributed by atoms with Crippen LogP contribution >= 0.6 is 0 Å². The van der Waals surface area contributed by atoms with Crippen molar-refractivity contribution >= 4 is 11.8 Å². The molecule has 2 heterocycles. The van der Waals surface area contributed by atoms with Crippen molar-refractivity contribution in [3.8, 4) is 11.3 Å². The quantitative estimate of drug-likeness (QED) is 0.332. The SMILES string of the molecule is O=C(CC(CCN1CCCC(F)(F)C1)NC(=O)c1cc(-c2ccccc2C(F)(F)F)n(C2CCCC2)n1)NC1CCC1. The maximum atomic E-state index is 14.0. The van der Waals surface area contributed by atoms with E-state index in [2.05, 4.69) is 15.7 Å². The Hall–Kier alpha value is -3.02. The molecule has 5 rings (SSSR count). The summed E-state index contributed by atoms with van der Waals surface area (Å²) < 4.78 is 71.2. The summed E-state index contributed by atoms with van der Waals surface area (Å²) >= 11 is 0. The number of hydrogen-bond acceptors (Lipinski definition) is 4. The number of nitrogens with one attached hydrogen (secondary N) is 2. The van der Waals surface area contributed by atoms with Gasteiger partial charge in [-0.25, -0.2) is 8.78 Å². The van der Waals surface area contributed by atoms with Gasteiger partial charge in [-0.3, -0.25) is 19.2 Å². The van der Waals surface area contributed by atoms with Gasteiger partial charge in [-0.15, -0.1) is 0 Å². The highest BCUT2D eigenvalue weighted by atomic mass is 19.4. The lowest BCUT2D eigenvalue weighted by molar-refractivity contribution is -0.137. The Morgan fingerprint density at radius 2 is 1.79 bits per heavy atom. The van der Waals surface area contributed by atoms with Gasteiger partial charge < -0.3 is 10.6 Å². The van der Waals surface area contributed by atoms with Crippen molar-refractivity contribution in [1.82, 2.24) is 25.3 Å². The van der Waals surface area contributed by atoms with E-state index in [4.69, 9.17) is 0 Å². The number of nitrogens with zero attached hydrogens (tertiary/aromatic N) is 3. The van der Waals surface area contributed by atoms with E-state index in [9.17, 15) is 31.5 Å². The Bertz CT molecular complexity index is 1250. The molecule has 2 aromatic rings. The van der Waals surface area contributed by atoms with E-state index in [-0.39, 0.29) is 67.3 Å². The number of halogens is 5. The summed E-state index contributed by atoms with van der Waals surface area (Å²) in [6.45, 7) is 0.423. The predicted octanol–water partition coefficient (Wildman–Crippen LogP) is 5.96. The fourth-order valence-electron chi connectivity index (χ4n) is 6.21. The lowest BCUT2D eigenvalue weighted by Crippen LogP contribution is -2.47. The van der Waals surface area contributed by atoms with Gasteiger partial charge in [0.25, 0.3) is 11.8 Å². The summed E-state index contributed by atoms with van der Waals surface area (Å²) in [6, 6.07) is 5.95. The molecule has 2 amide bonds. The molecule has 1 aromatic heterocycles. The molecule has 230 valence electrons. The van der Waals surface area contributed by atoms with Crippen LogP contribution in [-0.2, 0) is 11.0 Å². The molecule has 42 heavy (non-hydrogen) atoms. The maximum absolute atomic E-state index is 14.0. The van der Waals surface area contributed by atoms with Gasteiger partial charge in [-0.1, -0.05) is 31.0 Å². The van der Waals surface area contributed by atoms with Gasteiger partial charge in [-0.2, -0.15) is 18.3 Å². The molecular weight excluding hydrogens is 557 g/mol. The van der Waals surface area contributed by atoms with Crippen molar-refractivity contribution < 1.29 is 31.5 Å². The first-order valence-corrected chi connectivity index (χ1v) is 14.9. The van der Waals surface area contributed by atoms with Crippen molar-refractivity contribution in [3.63, 3.8) is 0 Å². The number of amides is 2. The highest BCUT2D eigenvalue weighted by molar-refractivity contribution is 5.94. The minimum absolute atomic E-state index is 0.0282. The molecule has 0 spiro atoms. The largest absolute Gasteiger partial charge is 0.417 e. The Morgan fingerprint density at radius 1 is 1.05 bits per heavy atom. The molecule has 0 bridgehead atoms. The highest BCUT2D eigenvalue weighted by Gasteiger charge is 2.37. The molecule has 2 N–H and O–H groups in total. The van der Waals surface area contributed by atoms with Gasteiger partial charge in [0.15, 0.2) is 5.69 Å². The van der Waals surface area contributed by atoms with Crippen LogP contribution in [0.5, 0.6) is 0 Å². The molecule has 2 saturated carbocycles. The van der Waals surface area contributed by atoms with Crippen molar-refractivity contribution in [2.24, 2.45) is 0 Å². The first-order chi connectivity index (χ1) is 20.0. The summed E-state index contributed by atoms with van der Waals surface area (Å²) in [4.78, 5) is 27.9. The number of alkyl halides is 5. The molecular formula is C30H38F5N5O2. The summed E-state index contributed by atoms with van der Waals surface area (Å²) in [6.07, 6.45) is 2.02. The second-order valence-corrected chi connectivity index (χ2v) is 11.9. The lowest BCUT2D eigenvalue weighted by atomic mass is 9.93. The third-order valence-corrected chi connectivity index (χ3v) is 8.65. The number of carbonyl (C=O) groups is 2. The average molecular weight is 596 g/mol. The third-order valence-electron chi connectivity index (χ3n) is 8.65. The Labute approximate surface area is 242 Å². The zero-order valence-corrected chi connectivity index (χ0v) is 23.6. The van der Waals surface area contributed by atoms with Crippen LogP contribution in [0.25, 0.3) is 11.3 Å². The second kappa shape index (κ2) is 12.7. The normalized spacial score (nSPS) is 20.7. The van der Waals surface area contributed by atoms with E-state index in [0.717, 1.165) is 51.0 Å². The Balaban J connectivity index is 1.37. The second-order valence-electron chi connectivity index (χ2n) is 11.9. The van der Waals surface area contributed by atoms with Gasteiger partial charge in [0, 0.05) is 37.0 Å². The van der Waals surface area contributed by atoms with E-state index in [1.54, 1.807) is 9.58 Å². The van der Waals surface area contributed by atoms with E-state index in [1.807, 2.05) is 0 Å². The monoisotopic (exact) mass is 595 g/mol. The summed E-state index contributed by atoms with van der Waals surface area (Å²) in [7, 11) is 0. The number of rotatable bonds is 10. The highest BCUT2D eigenvalue weighted by Crippen LogP contribution is 2.40. The van der Waals surface area contributed by atoms with Crippen molar-refractivity contribution in [1.29, 1.82) is 0 Å². The number of hydrogen-bond donors (Lipinski definition) is 2. The zero-order valence-electron chi connectivity index (χ0n) is 23.6. The molecule has 1 aromatic carbocycles. The third kappa shape index (κ3) is 7.48. The van der Waals surface area contributed by atoms with Gasteiger partial charge in [0.05, 0.1) is 23.8 Å². The van der Waals surface area contributed by atoms with E-state index in [1.165, 1.54) is 24.3 Å². The average Bonchev–Trinajstić information content (AvgIpc) is 3.59. The molecule has 12 heteroatoms. The molecule has 1 atom stereocenters. The van der Waals surface area contributed by atoms with Crippen LogP contribution in [-0.4, -0.2) is 64.1 Å². The first-order valence-electron chi connectivity index (χ1n) is 14.9. The van der Waals surface area contributed by atoms with Gasteiger partial charge in [-0.05, 0) is 63.6 Å². The lowest BCUT2D eigenvalue weighted by Gasteiger charge is -2.33. The smallest absolute Gasteiger partial charge is 0.353 e.